The molecule has 0 aliphatic heterocycles. The molecule has 0 bridgehead atoms. The highest BCUT2D eigenvalue weighted by molar-refractivity contribution is 7.80. The van der Waals surface area contributed by atoms with Crippen molar-refractivity contribution in [2.75, 3.05) is 0 Å². The van der Waals surface area contributed by atoms with Gasteiger partial charge in [0.15, 0.2) is 0 Å². The zero-order valence-corrected chi connectivity index (χ0v) is 9.68. The summed E-state index contributed by atoms with van der Waals surface area (Å²) in [6, 6.07) is 0. The summed E-state index contributed by atoms with van der Waals surface area (Å²) in [5.41, 5.74) is 0. The summed E-state index contributed by atoms with van der Waals surface area (Å²) in [6.45, 7) is 3.60. The van der Waals surface area contributed by atoms with Crippen LogP contribution in [0.4, 0.5) is 0 Å². The number of nitrogens with zero attached hydrogens (tertiary/aromatic N) is 2. The summed E-state index contributed by atoms with van der Waals surface area (Å²) in [5.74, 6) is -0.0840. The minimum absolute atomic E-state index is 0.0840. The maximum atomic E-state index is 10.6. The molecule has 1 unspecified atom stereocenters. The van der Waals surface area contributed by atoms with Crippen molar-refractivity contribution >= 4 is 10.4 Å². The zero-order valence-electron chi connectivity index (χ0n) is 8.86. The predicted octanol–water partition coefficient (Wildman–Crippen LogP) is 0.287. The molecule has 0 aliphatic carbocycles. The highest BCUT2D eigenvalue weighted by Crippen LogP contribution is 2.20. The summed E-state index contributed by atoms with van der Waals surface area (Å²) >= 11 is 0. The molecule has 15 heavy (non-hydrogen) atoms. The smallest absolute Gasteiger partial charge is 0.263 e. The highest BCUT2D eigenvalue weighted by Gasteiger charge is 2.26. The van der Waals surface area contributed by atoms with Crippen molar-refractivity contribution in [1.82, 2.24) is 4.57 Å². The van der Waals surface area contributed by atoms with Gasteiger partial charge in [-0.1, -0.05) is 13.8 Å². The summed E-state index contributed by atoms with van der Waals surface area (Å²) in [4.78, 5) is 0. The Hall–Kier alpha value is -0.920. The fourth-order valence-electron chi connectivity index (χ4n) is 1.25. The molecule has 0 saturated heterocycles. The van der Waals surface area contributed by atoms with Crippen molar-refractivity contribution < 1.29 is 21.7 Å². The van der Waals surface area contributed by atoms with Crippen LogP contribution in [0.5, 0.6) is 0 Å². The standard InChI is InChI=1S/C8H14N2O4S/c1-7(2)8(14-15(11,12)13)10-5-4-9(3)6-10/h4-8H,1-3H3/p+1. The maximum Gasteiger partial charge on any atom is 0.401 e. The lowest BCUT2D eigenvalue weighted by Gasteiger charge is -2.15. The second kappa shape index (κ2) is 4.30. The van der Waals surface area contributed by atoms with Crippen LogP contribution >= 0.6 is 0 Å². The first-order valence-electron chi connectivity index (χ1n) is 4.48. The van der Waals surface area contributed by atoms with Gasteiger partial charge in [0.25, 0.3) is 0 Å². The van der Waals surface area contributed by atoms with E-state index in [1.165, 1.54) is 0 Å². The summed E-state index contributed by atoms with van der Waals surface area (Å²) in [5, 5.41) is 0. The summed E-state index contributed by atoms with van der Waals surface area (Å²) in [7, 11) is -2.63. The van der Waals surface area contributed by atoms with Crippen molar-refractivity contribution in [3.63, 3.8) is 0 Å². The monoisotopic (exact) mass is 235 g/mol. The molecule has 0 radical (unpaired) electrons. The lowest BCUT2D eigenvalue weighted by atomic mass is 10.2. The van der Waals surface area contributed by atoms with Gasteiger partial charge in [0, 0.05) is 5.92 Å². The van der Waals surface area contributed by atoms with Crippen molar-refractivity contribution in [1.29, 1.82) is 0 Å². The normalized spacial score (nSPS) is 14.5. The Labute approximate surface area is 89.1 Å². The second-order valence-electron chi connectivity index (χ2n) is 3.68. The number of imidazole rings is 1. The van der Waals surface area contributed by atoms with Crippen LogP contribution in [-0.4, -0.2) is 17.5 Å². The first-order chi connectivity index (χ1) is 6.79. The number of aromatic nitrogens is 2. The number of hydrogen-bond acceptors (Lipinski definition) is 3. The van der Waals surface area contributed by atoms with Gasteiger partial charge in [0.2, 0.25) is 12.6 Å². The van der Waals surface area contributed by atoms with Gasteiger partial charge in [-0.15, -0.1) is 0 Å². The molecule has 86 valence electrons. The Morgan fingerprint density at radius 3 is 2.40 bits per heavy atom. The maximum absolute atomic E-state index is 10.6. The van der Waals surface area contributed by atoms with E-state index in [4.69, 9.17) is 4.55 Å². The lowest BCUT2D eigenvalue weighted by Crippen LogP contribution is -2.26. The molecule has 1 heterocycles. The Morgan fingerprint density at radius 1 is 1.47 bits per heavy atom. The molecular weight excluding hydrogens is 220 g/mol. The van der Waals surface area contributed by atoms with Crippen LogP contribution in [0.3, 0.4) is 0 Å². The van der Waals surface area contributed by atoms with Gasteiger partial charge in [-0.3, -0.25) is 4.55 Å². The average Bonchev–Trinajstić information content (AvgIpc) is 2.45. The van der Waals surface area contributed by atoms with E-state index in [-0.39, 0.29) is 5.92 Å². The van der Waals surface area contributed by atoms with Crippen molar-refractivity contribution in [2.24, 2.45) is 13.0 Å². The molecular formula is C8H15N2O4S+. The molecule has 0 fully saturated rings. The van der Waals surface area contributed by atoms with Crippen molar-refractivity contribution in [2.45, 2.75) is 20.1 Å². The molecule has 1 rings (SSSR count). The van der Waals surface area contributed by atoms with E-state index >= 15 is 0 Å². The lowest BCUT2D eigenvalue weighted by molar-refractivity contribution is -0.671. The molecule has 7 heteroatoms. The third-order valence-corrected chi connectivity index (χ3v) is 2.31. The number of aryl methyl sites for hydroxylation is 1. The van der Waals surface area contributed by atoms with Crippen LogP contribution in [0.2, 0.25) is 0 Å². The molecule has 1 atom stereocenters. The van der Waals surface area contributed by atoms with Gasteiger partial charge in [0.1, 0.15) is 12.4 Å². The topological polar surface area (TPSA) is 72.4 Å². The molecule has 6 nitrogen and oxygen atoms in total. The van der Waals surface area contributed by atoms with Gasteiger partial charge in [-0.25, -0.2) is 13.3 Å². The Bertz CT molecular complexity index is 424. The molecule has 1 aromatic rings. The minimum atomic E-state index is -4.44. The highest BCUT2D eigenvalue weighted by atomic mass is 32.3. The molecule has 0 aliphatic rings. The van der Waals surface area contributed by atoms with Crippen LogP contribution in [-0.2, 0) is 21.6 Å². The second-order valence-corrected chi connectivity index (χ2v) is 4.73. The molecule has 1 N–H and O–H groups in total. The van der Waals surface area contributed by atoms with Crippen LogP contribution in [0.1, 0.15) is 20.1 Å². The first-order valence-corrected chi connectivity index (χ1v) is 5.84. The SMILES string of the molecule is CC(C)C(OS(=O)(=O)O)n1cc[n+](C)c1. The third-order valence-electron chi connectivity index (χ3n) is 1.87. The first kappa shape index (κ1) is 12.2. The molecule has 0 aromatic carbocycles. The van der Waals surface area contributed by atoms with E-state index in [1.807, 2.05) is 0 Å². The quantitative estimate of drug-likeness (QED) is 0.601. The third kappa shape index (κ3) is 3.61. The Balaban J connectivity index is 2.94. The van der Waals surface area contributed by atoms with E-state index < -0.39 is 16.6 Å². The fourth-order valence-corrected chi connectivity index (χ4v) is 1.82. The molecule has 0 saturated carbocycles. The summed E-state index contributed by atoms with van der Waals surface area (Å²) in [6.07, 6.45) is 4.37. The van der Waals surface area contributed by atoms with E-state index in [0.717, 1.165) is 0 Å². The fraction of sp³-hybridized carbons (Fsp3) is 0.625. The van der Waals surface area contributed by atoms with E-state index in [0.29, 0.717) is 0 Å². The molecule has 0 amide bonds. The van der Waals surface area contributed by atoms with Crippen molar-refractivity contribution in [3.05, 3.63) is 18.7 Å². The van der Waals surface area contributed by atoms with E-state index in [1.54, 1.807) is 48.8 Å². The number of hydrogen-bond donors (Lipinski definition) is 1. The van der Waals surface area contributed by atoms with Gasteiger partial charge in [-0.2, -0.15) is 8.42 Å². The van der Waals surface area contributed by atoms with Crippen LogP contribution in [0.15, 0.2) is 18.7 Å². The van der Waals surface area contributed by atoms with Crippen LogP contribution < -0.4 is 4.57 Å². The average molecular weight is 235 g/mol. The Morgan fingerprint density at radius 2 is 2.07 bits per heavy atom. The largest absolute Gasteiger partial charge is 0.401 e. The summed E-state index contributed by atoms with van der Waals surface area (Å²) < 4.78 is 37.8. The van der Waals surface area contributed by atoms with Gasteiger partial charge >= 0.3 is 10.4 Å². The van der Waals surface area contributed by atoms with E-state index in [9.17, 15) is 8.42 Å². The van der Waals surface area contributed by atoms with E-state index in [2.05, 4.69) is 4.18 Å². The zero-order chi connectivity index (χ0) is 11.6. The minimum Gasteiger partial charge on any atom is -0.263 e. The van der Waals surface area contributed by atoms with Crippen LogP contribution in [0, 0.1) is 5.92 Å². The van der Waals surface area contributed by atoms with Crippen LogP contribution in [0.25, 0.3) is 0 Å². The van der Waals surface area contributed by atoms with Crippen molar-refractivity contribution in [3.8, 4) is 0 Å². The van der Waals surface area contributed by atoms with Gasteiger partial charge in [0.05, 0.1) is 7.05 Å². The van der Waals surface area contributed by atoms with Gasteiger partial charge in [-0.05, 0) is 0 Å². The molecule has 0 spiro atoms. The predicted molar refractivity (Wildman–Crippen MR) is 52.1 cm³/mol. The number of rotatable bonds is 4. The van der Waals surface area contributed by atoms with Gasteiger partial charge < -0.3 is 0 Å². The Kier molecular flexibility index (Phi) is 3.48. The molecule has 1 aromatic heterocycles.